The maximum absolute atomic E-state index is 11.5. The molecule has 0 bridgehead atoms. The minimum atomic E-state index is -0.0552. The van der Waals surface area contributed by atoms with Crippen molar-refractivity contribution in [3.63, 3.8) is 0 Å². The van der Waals surface area contributed by atoms with Gasteiger partial charge in [-0.2, -0.15) is 0 Å². The third kappa shape index (κ3) is 6.09. The molecule has 6 heteroatoms. The van der Waals surface area contributed by atoms with Crippen molar-refractivity contribution >= 4 is 28.5 Å². The molecule has 0 radical (unpaired) electrons. The molecule has 1 N–H and O–H groups in total. The highest BCUT2D eigenvalue weighted by atomic mass is 35.5. The van der Waals surface area contributed by atoms with Gasteiger partial charge in [-0.05, 0) is 62.2 Å². The maximum atomic E-state index is 11.5. The number of nitrogens with zero attached hydrogens (tertiary/aromatic N) is 2. The standard InChI is InChI=1S/C23H26ClN3O2/c1-2-7-23(28)25-15-5-10-22-26-20-8-3-4-9-21(20)27(22)16-6-17-29-19-13-11-18(24)12-14-19/h2-4,7-9,11-14H,5-6,10,15-17H2,1H3,(H,25,28)/b7-2-. The van der Waals surface area contributed by atoms with Crippen LogP contribution in [-0.4, -0.2) is 28.6 Å². The molecule has 0 fully saturated rings. The van der Waals surface area contributed by atoms with E-state index in [4.69, 9.17) is 21.3 Å². The van der Waals surface area contributed by atoms with Crippen LogP contribution in [0.15, 0.2) is 60.7 Å². The minimum Gasteiger partial charge on any atom is -0.494 e. The molecule has 29 heavy (non-hydrogen) atoms. The van der Waals surface area contributed by atoms with E-state index in [0.29, 0.717) is 18.2 Å². The fourth-order valence-corrected chi connectivity index (χ4v) is 3.30. The number of para-hydroxylation sites is 2. The number of hydrogen-bond acceptors (Lipinski definition) is 3. The molecule has 2 aromatic carbocycles. The summed E-state index contributed by atoms with van der Waals surface area (Å²) in [6.07, 6.45) is 5.79. The predicted molar refractivity (Wildman–Crippen MR) is 117 cm³/mol. The zero-order valence-electron chi connectivity index (χ0n) is 16.6. The SMILES string of the molecule is C/C=C\C(=O)NCCCc1nc2ccccc2n1CCCOc1ccc(Cl)cc1. The molecule has 152 valence electrons. The van der Waals surface area contributed by atoms with Crippen molar-refractivity contribution in [1.82, 2.24) is 14.9 Å². The summed E-state index contributed by atoms with van der Waals surface area (Å²) in [5, 5.41) is 3.59. The lowest BCUT2D eigenvalue weighted by Gasteiger charge is -2.11. The number of allylic oxidation sites excluding steroid dienone is 1. The van der Waals surface area contributed by atoms with Crippen molar-refractivity contribution in [2.24, 2.45) is 0 Å². The van der Waals surface area contributed by atoms with Gasteiger partial charge in [0, 0.05) is 24.5 Å². The molecule has 0 saturated heterocycles. The van der Waals surface area contributed by atoms with Crippen molar-refractivity contribution in [3.8, 4) is 5.75 Å². The maximum Gasteiger partial charge on any atom is 0.243 e. The second-order valence-electron chi connectivity index (χ2n) is 6.72. The number of carbonyl (C=O) groups is 1. The number of benzene rings is 2. The van der Waals surface area contributed by atoms with E-state index in [1.165, 1.54) is 6.08 Å². The van der Waals surface area contributed by atoms with Crippen LogP contribution in [0.4, 0.5) is 0 Å². The summed E-state index contributed by atoms with van der Waals surface area (Å²) in [4.78, 5) is 16.3. The fourth-order valence-electron chi connectivity index (χ4n) is 3.18. The predicted octanol–water partition coefficient (Wildman–Crippen LogP) is 4.78. The second-order valence-corrected chi connectivity index (χ2v) is 7.16. The molecule has 1 amide bonds. The molecule has 0 saturated carbocycles. The molecule has 3 rings (SSSR count). The van der Waals surface area contributed by atoms with Gasteiger partial charge in [-0.1, -0.05) is 29.8 Å². The van der Waals surface area contributed by atoms with Crippen LogP contribution in [-0.2, 0) is 17.8 Å². The molecule has 5 nitrogen and oxygen atoms in total. The summed E-state index contributed by atoms with van der Waals surface area (Å²) < 4.78 is 8.07. The van der Waals surface area contributed by atoms with Crippen LogP contribution in [0, 0.1) is 0 Å². The number of halogens is 1. The molecule has 3 aromatic rings. The highest BCUT2D eigenvalue weighted by molar-refractivity contribution is 6.30. The van der Waals surface area contributed by atoms with E-state index in [2.05, 4.69) is 16.0 Å². The lowest BCUT2D eigenvalue weighted by molar-refractivity contribution is -0.116. The highest BCUT2D eigenvalue weighted by Crippen LogP contribution is 2.19. The Bertz CT molecular complexity index is 964. The number of amides is 1. The van der Waals surface area contributed by atoms with Crippen molar-refractivity contribution in [1.29, 1.82) is 0 Å². The lowest BCUT2D eigenvalue weighted by atomic mass is 10.2. The molecule has 1 aromatic heterocycles. The molecule has 1 heterocycles. The van der Waals surface area contributed by atoms with E-state index in [9.17, 15) is 4.79 Å². The number of rotatable bonds is 10. The van der Waals surface area contributed by atoms with Gasteiger partial charge in [0.05, 0.1) is 17.6 Å². The Hall–Kier alpha value is -2.79. The summed E-state index contributed by atoms with van der Waals surface area (Å²) in [5.74, 6) is 1.81. The molecular formula is C23H26ClN3O2. The monoisotopic (exact) mass is 411 g/mol. The Labute approximate surface area is 176 Å². The van der Waals surface area contributed by atoms with Gasteiger partial charge in [-0.3, -0.25) is 4.79 Å². The normalized spacial score (nSPS) is 11.2. The molecule has 0 aliphatic rings. The molecule has 0 unspecified atom stereocenters. The average Bonchev–Trinajstić information content (AvgIpc) is 3.07. The molecule has 0 aliphatic heterocycles. The van der Waals surface area contributed by atoms with Crippen molar-refractivity contribution in [2.45, 2.75) is 32.7 Å². The second kappa shape index (κ2) is 10.7. The summed E-state index contributed by atoms with van der Waals surface area (Å²) in [5.41, 5.74) is 2.13. The number of ether oxygens (including phenoxy) is 1. The molecule has 0 aliphatic carbocycles. The number of carbonyl (C=O) groups excluding carboxylic acids is 1. The molecular weight excluding hydrogens is 386 g/mol. The van der Waals surface area contributed by atoms with Crippen LogP contribution in [0.1, 0.15) is 25.6 Å². The lowest BCUT2D eigenvalue weighted by Crippen LogP contribution is -2.22. The summed E-state index contributed by atoms with van der Waals surface area (Å²) >= 11 is 5.91. The first-order valence-electron chi connectivity index (χ1n) is 9.90. The van der Waals surface area contributed by atoms with Crippen LogP contribution in [0.5, 0.6) is 5.75 Å². The van der Waals surface area contributed by atoms with E-state index in [-0.39, 0.29) is 5.91 Å². The first-order valence-corrected chi connectivity index (χ1v) is 10.3. The Morgan fingerprint density at radius 1 is 1.17 bits per heavy atom. The van der Waals surface area contributed by atoms with Crippen LogP contribution < -0.4 is 10.1 Å². The average molecular weight is 412 g/mol. The Morgan fingerprint density at radius 2 is 1.97 bits per heavy atom. The third-order valence-electron chi connectivity index (χ3n) is 4.54. The van der Waals surface area contributed by atoms with Crippen molar-refractivity contribution in [3.05, 3.63) is 71.5 Å². The summed E-state index contributed by atoms with van der Waals surface area (Å²) in [7, 11) is 0. The third-order valence-corrected chi connectivity index (χ3v) is 4.79. The summed E-state index contributed by atoms with van der Waals surface area (Å²) in [6.45, 7) is 3.91. The van der Waals surface area contributed by atoms with Crippen LogP contribution >= 0.6 is 11.6 Å². The number of hydrogen-bond donors (Lipinski definition) is 1. The minimum absolute atomic E-state index is 0.0552. The van der Waals surface area contributed by atoms with Crippen LogP contribution in [0.2, 0.25) is 5.02 Å². The Balaban J connectivity index is 1.57. The number of imidazole rings is 1. The van der Waals surface area contributed by atoms with E-state index >= 15 is 0 Å². The fraction of sp³-hybridized carbons (Fsp3) is 0.304. The molecule has 0 spiro atoms. The van der Waals surface area contributed by atoms with E-state index in [0.717, 1.165) is 48.4 Å². The highest BCUT2D eigenvalue weighted by Gasteiger charge is 2.10. The first kappa shape index (κ1) is 20.9. The van der Waals surface area contributed by atoms with E-state index in [1.807, 2.05) is 49.4 Å². The smallest absolute Gasteiger partial charge is 0.243 e. The van der Waals surface area contributed by atoms with E-state index < -0.39 is 0 Å². The van der Waals surface area contributed by atoms with Gasteiger partial charge in [-0.25, -0.2) is 4.98 Å². The summed E-state index contributed by atoms with van der Waals surface area (Å²) in [6, 6.07) is 15.6. The quantitative estimate of drug-likeness (QED) is 0.385. The van der Waals surface area contributed by atoms with Gasteiger partial charge in [0.25, 0.3) is 0 Å². The van der Waals surface area contributed by atoms with E-state index in [1.54, 1.807) is 6.08 Å². The first-order chi connectivity index (χ1) is 14.2. The zero-order valence-corrected chi connectivity index (χ0v) is 17.4. The van der Waals surface area contributed by atoms with Crippen LogP contribution in [0.3, 0.4) is 0 Å². The topological polar surface area (TPSA) is 56.2 Å². The van der Waals surface area contributed by atoms with Gasteiger partial charge in [0.1, 0.15) is 11.6 Å². The van der Waals surface area contributed by atoms with Crippen molar-refractivity contribution < 1.29 is 9.53 Å². The van der Waals surface area contributed by atoms with Gasteiger partial charge in [0.15, 0.2) is 0 Å². The number of aryl methyl sites for hydroxylation is 2. The zero-order chi connectivity index (χ0) is 20.5. The van der Waals surface area contributed by atoms with Gasteiger partial charge in [-0.15, -0.1) is 0 Å². The Kier molecular flexibility index (Phi) is 7.70. The molecule has 0 atom stereocenters. The number of nitrogens with one attached hydrogen (secondary N) is 1. The van der Waals surface area contributed by atoms with Gasteiger partial charge in [0.2, 0.25) is 5.91 Å². The van der Waals surface area contributed by atoms with Gasteiger partial charge >= 0.3 is 0 Å². The van der Waals surface area contributed by atoms with Crippen molar-refractivity contribution in [2.75, 3.05) is 13.2 Å². The van der Waals surface area contributed by atoms with Crippen LogP contribution in [0.25, 0.3) is 11.0 Å². The number of fused-ring (bicyclic) bond motifs is 1. The van der Waals surface area contributed by atoms with Gasteiger partial charge < -0.3 is 14.6 Å². The largest absolute Gasteiger partial charge is 0.494 e. The Morgan fingerprint density at radius 3 is 2.76 bits per heavy atom. The number of aromatic nitrogens is 2.